The van der Waals surface area contributed by atoms with Gasteiger partial charge in [0.25, 0.3) is 0 Å². The van der Waals surface area contributed by atoms with Gasteiger partial charge in [-0.15, -0.1) is 11.3 Å². The third kappa shape index (κ3) is 2.76. The highest BCUT2D eigenvalue weighted by Crippen LogP contribution is 2.37. The van der Waals surface area contributed by atoms with E-state index >= 15 is 0 Å². The quantitative estimate of drug-likeness (QED) is 0.783. The van der Waals surface area contributed by atoms with Crippen LogP contribution in [-0.2, 0) is 0 Å². The molecule has 0 radical (unpaired) electrons. The Kier molecular flexibility index (Phi) is 4.61. The summed E-state index contributed by atoms with van der Waals surface area (Å²) in [5.74, 6) is 0. The maximum absolute atomic E-state index is 3.55. The van der Waals surface area contributed by atoms with Gasteiger partial charge in [-0.3, -0.25) is 0 Å². The molecule has 0 aliphatic heterocycles. The third-order valence-corrected chi connectivity index (χ3v) is 6.26. The van der Waals surface area contributed by atoms with Crippen molar-refractivity contribution in [3.63, 3.8) is 0 Å². The molecule has 0 bridgehead atoms. The van der Waals surface area contributed by atoms with Crippen LogP contribution in [0.3, 0.4) is 0 Å². The van der Waals surface area contributed by atoms with Gasteiger partial charge in [-0.1, -0.05) is 6.92 Å². The van der Waals surface area contributed by atoms with Crippen LogP contribution in [0.2, 0.25) is 0 Å². The maximum Gasteiger partial charge on any atom is 0.0843 e. The number of rotatable bonds is 4. The van der Waals surface area contributed by atoms with Gasteiger partial charge in [0.15, 0.2) is 0 Å². The molecule has 2 heterocycles. The second kappa shape index (κ2) is 5.78. The number of nitrogens with one attached hydrogen (secondary N) is 1. The van der Waals surface area contributed by atoms with E-state index in [1.54, 1.807) is 22.7 Å². The Morgan fingerprint density at radius 3 is 2.75 bits per heavy atom. The van der Waals surface area contributed by atoms with Crippen LogP contribution in [-0.4, -0.2) is 6.54 Å². The van der Waals surface area contributed by atoms with Crippen LogP contribution in [0, 0.1) is 0 Å². The minimum atomic E-state index is 0.309. The second-order valence-electron chi connectivity index (χ2n) is 3.32. The first kappa shape index (κ1) is 12.8. The summed E-state index contributed by atoms with van der Waals surface area (Å²) < 4.78 is 2.28. The summed E-state index contributed by atoms with van der Waals surface area (Å²) in [4.78, 5) is 1.33. The van der Waals surface area contributed by atoms with Crippen molar-refractivity contribution in [2.45, 2.75) is 13.0 Å². The van der Waals surface area contributed by atoms with Crippen LogP contribution in [0.1, 0.15) is 23.4 Å². The van der Waals surface area contributed by atoms with Crippen LogP contribution in [0.5, 0.6) is 0 Å². The molecule has 2 rings (SSSR count). The summed E-state index contributed by atoms with van der Waals surface area (Å²) in [6.07, 6.45) is 0. The molecule has 0 saturated carbocycles. The van der Waals surface area contributed by atoms with Crippen molar-refractivity contribution in [1.29, 1.82) is 0 Å². The fourth-order valence-corrected chi connectivity index (χ4v) is 4.41. The van der Waals surface area contributed by atoms with Crippen molar-refractivity contribution >= 4 is 54.5 Å². The van der Waals surface area contributed by atoms with Crippen molar-refractivity contribution < 1.29 is 0 Å². The van der Waals surface area contributed by atoms with Gasteiger partial charge in [0, 0.05) is 9.35 Å². The molecule has 0 amide bonds. The molecule has 0 fully saturated rings. The molecule has 0 aliphatic carbocycles. The van der Waals surface area contributed by atoms with Crippen LogP contribution >= 0.6 is 54.5 Å². The van der Waals surface area contributed by atoms with Gasteiger partial charge in [0.05, 0.1) is 9.83 Å². The predicted octanol–water partition coefficient (Wildman–Crippen LogP) is 5.03. The van der Waals surface area contributed by atoms with Crippen LogP contribution in [0.25, 0.3) is 0 Å². The molecular formula is C11H11Br2NS2. The lowest BCUT2D eigenvalue weighted by Crippen LogP contribution is -2.20. The molecule has 1 N–H and O–H groups in total. The Morgan fingerprint density at radius 2 is 2.25 bits per heavy atom. The highest BCUT2D eigenvalue weighted by molar-refractivity contribution is 9.13. The van der Waals surface area contributed by atoms with Gasteiger partial charge in [0.2, 0.25) is 0 Å². The molecule has 16 heavy (non-hydrogen) atoms. The second-order valence-corrected chi connectivity index (χ2v) is 7.35. The SMILES string of the molecule is CCNC(c1ccsc1)c1cc(Br)c(Br)s1. The van der Waals surface area contributed by atoms with Crippen molar-refractivity contribution in [3.05, 3.63) is 41.6 Å². The summed E-state index contributed by atoms with van der Waals surface area (Å²) in [6, 6.07) is 4.67. The molecule has 1 nitrogen and oxygen atoms in total. The summed E-state index contributed by atoms with van der Waals surface area (Å²) in [5, 5.41) is 7.84. The Morgan fingerprint density at radius 1 is 1.44 bits per heavy atom. The first-order valence-electron chi connectivity index (χ1n) is 4.92. The van der Waals surface area contributed by atoms with Gasteiger partial charge in [-0.05, 0) is 66.9 Å². The smallest absolute Gasteiger partial charge is 0.0843 e. The third-order valence-electron chi connectivity index (χ3n) is 2.23. The average Bonchev–Trinajstić information content (AvgIpc) is 2.86. The van der Waals surface area contributed by atoms with Gasteiger partial charge >= 0.3 is 0 Å². The largest absolute Gasteiger partial charge is 0.306 e. The van der Waals surface area contributed by atoms with Crippen molar-refractivity contribution in [2.75, 3.05) is 6.54 Å². The molecule has 0 spiro atoms. The van der Waals surface area contributed by atoms with Crippen LogP contribution in [0.15, 0.2) is 31.2 Å². The zero-order valence-electron chi connectivity index (χ0n) is 8.67. The van der Waals surface area contributed by atoms with E-state index in [2.05, 4.69) is 67.0 Å². The summed E-state index contributed by atoms with van der Waals surface area (Å²) >= 11 is 10.6. The molecule has 5 heteroatoms. The molecule has 0 aromatic carbocycles. The molecule has 0 saturated heterocycles. The summed E-state index contributed by atoms with van der Waals surface area (Å²) in [5.41, 5.74) is 1.34. The molecule has 86 valence electrons. The van der Waals surface area contributed by atoms with Gasteiger partial charge in [0.1, 0.15) is 0 Å². The van der Waals surface area contributed by atoms with E-state index in [1.807, 2.05) is 0 Å². The molecule has 2 aromatic heterocycles. The lowest BCUT2D eigenvalue weighted by molar-refractivity contribution is 0.641. The van der Waals surface area contributed by atoms with E-state index in [9.17, 15) is 0 Å². The maximum atomic E-state index is 3.55. The fraction of sp³-hybridized carbons (Fsp3) is 0.273. The van der Waals surface area contributed by atoms with Gasteiger partial charge in [-0.25, -0.2) is 0 Å². The average molecular weight is 381 g/mol. The first-order valence-corrected chi connectivity index (χ1v) is 8.27. The zero-order valence-corrected chi connectivity index (χ0v) is 13.5. The van der Waals surface area contributed by atoms with Gasteiger partial charge < -0.3 is 5.32 Å². The molecule has 1 unspecified atom stereocenters. The highest BCUT2D eigenvalue weighted by atomic mass is 79.9. The molecule has 0 aliphatic rings. The molecule has 1 atom stereocenters. The Balaban J connectivity index is 2.32. The zero-order chi connectivity index (χ0) is 11.5. The Labute approximate surface area is 120 Å². The van der Waals surface area contributed by atoms with Crippen molar-refractivity contribution in [1.82, 2.24) is 5.32 Å². The first-order chi connectivity index (χ1) is 7.72. The molecule has 2 aromatic rings. The van der Waals surface area contributed by atoms with Gasteiger partial charge in [-0.2, -0.15) is 11.3 Å². The Hall–Kier alpha value is 0.320. The summed E-state index contributed by atoms with van der Waals surface area (Å²) in [7, 11) is 0. The standard InChI is InChI=1S/C11H11Br2NS2/c1-2-14-10(7-3-4-15-6-7)9-5-8(12)11(13)16-9/h3-6,10,14H,2H2,1H3. The van der Waals surface area contributed by atoms with E-state index < -0.39 is 0 Å². The minimum absolute atomic E-state index is 0.309. The number of thiophene rings is 2. The predicted molar refractivity (Wildman–Crippen MR) is 79.6 cm³/mol. The van der Waals surface area contributed by atoms with E-state index in [1.165, 1.54) is 10.4 Å². The van der Waals surface area contributed by atoms with Crippen molar-refractivity contribution in [3.8, 4) is 0 Å². The van der Waals surface area contributed by atoms with Crippen molar-refractivity contribution in [2.24, 2.45) is 0 Å². The number of halogens is 2. The normalized spacial score (nSPS) is 12.9. The fourth-order valence-electron chi connectivity index (χ4n) is 1.53. The van der Waals surface area contributed by atoms with Crippen LogP contribution < -0.4 is 5.32 Å². The Bertz CT molecular complexity index is 431. The van der Waals surface area contributed by atoms with E-state index in [4.69, 9.17) is 0 Å². The van der Waals surface area contributed by atoms with E-state index in [0.29, 0.717) is 6.04 Å². The number of hydrogen-bond donors (Lipinski definition) is 1. The number of hydrogen-bond acceptors (Lipinski definition) is 3. The minimum Gasteiger partial charge on any atom is -0.306 e. The summed E-state index contributed by atoms with van der Waals surface area (Å²) in [6.45, 7) is 3.10. The van der Waals surface area contributed by atoms with E-state index in [-0.39, 0.29) is 0 Å². The lowest BCUT2D eigenvalue weighted by Gasteiger charge is -2.14. The highest BCUT2D eigenvalue weighted by Gasteiger charge is 2.17. The van der Waals surface area contributed by atoms with Crippen LogP contribution in [0.4, 0.5) is 0 Å². The lowest BCUT2D eigenvalue weighted by atomic mass is 10.1. The monoisotopic (exact) mass is 379 g/mol. The van der Waals surface area contributed by atoms with E-state index in [0.717, 1.165) is 14.8 Å². The molecular weight excluding hydrogens is 370 g/mol. The topological polar surface area (TPSA) is 12.0 Å².